The van der Waals surface area contributed by atoms with Gasteiger partial charge in [0.05, 0.1) is 19.8 Å². The van der Waals surface area contributed by atoms with E-state index in [1.165, 1.54) is 0 Å². The Kier molecular flexibility index (Phi) is 8.26. The predicted molar refractivity (Wildman–Crippen MR) is 132 cm³/mol. The summed E-state index contributed by atoms with van der Waals surface area (Å²) in [7, 11) is 1.60. The van der Waals surface area contributed by atoms with Crippen LogP contribution in [0, 0.1) is 0 Å². The predicted octanol–water partition coefficient (Wildman–Crippen LogP) is 3.43. The number of nitrogens with one attached hydrogen (secondary N) is 1. The average molecular weight is 487 g/mol. The Bertz CT molecular complexity index is 1000. The molecule has 9 heteroatoms. The van der Waals surface area contributed by atoms with E-state index in [9.17, 15) is 9.59 Å². The van der Waals surface area contributed by atoms with Crippen LogP contribution < -0.4 is 10.1 Å². The van der Waals surface area contributed by atoms with Crippen LogP contribution in [0.1, 0.15) is 16.8 Å². The number of hydrogen-bond donors (Lipinski definition) is 1. The first kappa shape index (κ1) is 24.3. The number of ether oxygens (including phenoxy) is 2. The number of rotatable bonds is 5. The van der Waals surface area contributed by atoms with Crippen molar-refractivity contribution in [3.05, 3.63) is 59.1 Å². The molecule has 0 saturated carbocycles. The molecule has 1 N–H and O–H groups in total. The summed E-state index contributed by atoms with van der Waals surface area (Å²) in [6, 6.07) is 14.3. The molecule has 2 aliphatic heterocycles. The Morgan fingerprint density at radius 3 is 2.74 bits per heavy atom. The largest absolute Gasteiger partial charge is 0.497 e. The number of urea groups is 1. The molecule has 2 saturated heterocycles. The quantitative estimate of drug-likeness (QED) is 0.701. The number of benzene rings is 2. The summed E-state index contributed by atoms with van der Waals surface area (Å²) in [5, 5.41) is 3.49. The molecule has 2 aromatic rings. The van der Waals surface area contributed by atoms with Crippen molar-refractivity contribution in [2.75, 3.05) is 64.8 Å². The maximum Gasteiger partial charge on any atom is 0.322 e. The zero-order valence-corrected chi connectivity index (χ0v) is 20.2. The minimum Gasteiger partial charge on any atom is -0.497 e. The van der Waals surface area contributed by atoms with Gasteiger partial charge in [-0.2, -0.15) is 0 Å². The highest BCUT2D eigenvalue weighted by molar-refractivity contribution is 6.30. The molecular formula is C25H31ClN4O4. The number of amides is 3. The molecule has 4 rings (SSSR count). The monoisotopic (exact) mass is 486 g/mol. The topological polar surface area (TPSA) is 74.4 Å². The third kappa shape index (κ3) is 6.40. The third-order valence-electron chi connectivity index (χ3n) is 6.16. The zero-order chi connectivity index (χ0) is 23.9. The second-order valence-corrected chi connectivity index (χ2v) is 8.99. The minimum absolute atomic E-state index is 0.0264. The maximum atomic E-state index is 13.0. The van der Waals surface area contributed by atoms with E-state index in [1.807, 2.05) is 35.2 Å². The molecule has 3 amide bonds. The molecule has 2 fully saturated rings. The van der Waals surface area contributed by atoms with Crippen molar-refractivity contribution in [3.8, 4) is 5.75 Å². The lowest BCUT2D eigenvalue weighted by Crippen LogP contribution is -2.51. The summed E-state index contributed by atoms with van der Waals surface area (Å²) < 4.78 is 11.2. The highest BCUT2D eigenvalue weighted by Crippen LogP contribution is 2.18. The van der Waals surface area contributed by atoms with Gasteiger partial charge in [-0.3, -0.25) is 9.69 Å². The fraction of sp³-hybridized carbons (Fsp3) is 0.440. The van der Waals surface area contributed by atoms with E-state index in [1.54, 1.807) is 30.2 Å². The molecule has 34 heavy (non-hydrogen) atoms. The van der Waals surface area contributed by atoms with Crippen molar-refractivity contribution in [2.45, 2.75) is 12.5 Å². The Labute approximate surface area is 205 Å². The van der Waals surface area contributed by atoms with E-state index in [2.05, 4.69) is 10.2 Å². The summed E-state index contributed by atoms with van der Waals surface area (Å²) in [4.78, 5) is 31.7. The lowest BCUT2D eigenvalue weighted by molar-refractivity contribution is -0.0283. The standard InChI is InChI=1S/C25H31ClN4O4/c1-33-22-8-2-5-19(15-22)24(31)29-10-4-9-28(11-12-29)17-23-18-30(13-14-34-23)25(32)27-21-7-3-6-20(26)16-21/h2-3,5-8,15-16,23H,4,9-14,17-18H2,1H3,(H,27,32). The molecule has 1 unspecified atom stereocenters. The number of morpholine rings is 1. The smallest absolute Gasteiger partial charge is 0.322 e. The van der Waals surface area contributed by atoms with Crippen molar-refractivity contribution < 1.29 is 19.1 Å². The van der Waals surface area contributed by atoms with E-state index in [0.29, 0.717) is 54.8 Å². The van der Waals surface area contributed by atoms with Gasteiger partial charge in [-0.15, -0.1) is 0 Å². The number of hydrogen-bond acceptors (Lipinski definition) is 5. The molecule has 2 aliphatic rings. The summed E-state index contributed by atoms with van der Waals surface area (Å²) in [6.45, 7) is 5.32. The number of anilines is 1. The van der Waals surface area contributed by atoms with Gasteiger partial charge in [-0.1, -0.05) is 23.7 Å². The first-order chi connectivity index (χ1) is 16.5. The van der Waals surface area contributed by atoms with Gasteiger partial charge in [0.25, 0.3) is 5.91 Å². The van der Waals surface area contributed by atoms with Crippen LogP contribution in [-0.2, 0) is 4.74 Å². The van der Waals surface area contributed by atoms with E-state index in [0.717, 1.165) is 26.1 Å². The highest BCUT2D eigenvalue weighted by atomic mass is 35.5. The molecule has 0 aromatic heterocycles. The second kappa shape index (κ2) is 11.6. The SMILES string of the molecule is COc1cccc(C(=O)N2CCCN(CC3CN(C(=O)Nc4cccc(Cl)c4)CCO3)CC2)c1. The fourth-order valence-electron chi connectivity index (χ4n) is 4.37. The molecule has 2 heterocycles. The zero-order valence-electron chi connectivity index (χ0n) is 19.4. The van der Waals surface area contributed by atoms with E-state index in [4.69, 9.17) is 21.1 Å². The number of nitrogens with zero attached hydrogens (tertiary/aromatic N) is 3. The van der Waals surface area contributed by atoms with Crippen molar-refractivity contribution in [1.29, 1.82) is 0 Å². The molecule has 2 aromatic carbocycles. The summed E-state index contributed by atoms with van der Waals surface area (Å²) >= 11 is 6.02. The molecular weight excluding hydrogens is 456 g/mol. The van der Waals surface area contributed by atoms with Crippen LogP contribution in [0.3, 0.4) is 0 Å². The van der Waals surface area contributed by atoms with Gasteiger partial charge in [0.15, 0.2) is 0 Å². The Balaban J connectivity index is 1.28. The van der Waals surface area contributed by atoms with Crippen LogP contribution in [-0.4, -0.2) is 92.3 Å². The molecule has 8 nitrogen and oxygen atoms in total. The van der Waals surface area contributed by atoms with Gasteiger partial charge < -0.3 is 24.6 Å². The lowest BCUT2D eigenvalue weighted by Gasteiger charge is -2.35. The first-order valence-corrected chi connectivity index (χ1v) is 12.0. The number of methoxy groups -OCH3 is 1. The summed E-state index contributed by atoms with van der Waals surface area (Å²) in [5.74, 6) is 0.708. The number of halogens is 1. The van der Waals surface area contributed by atoms with Crippen molar-refractivity contribution in [3.63, 3.8) is 0 Å². The van der Waals surface area contributed by atoms with Gasteiger partial charge in [-0.05, 0) is 49.4 Å². The minimum atomic E-state index is -0.151. The van der Waals surface area contributed by atoms with Crippen LogP contribution in [0.15, 0.2) is 48.5 Å². The molecule has 0 aliphatic carbocycles. The van der Waals surface area contributed by atoms with Crippen molar-refractivity contribution in [2.24, 2.45) is 0 Å². The number of carbonyl (C=O) groups excluding carboxylic acids is 2. The van der Waals surface area contributed by atoms with Crippen LogP contribution in [0.5, 0.6) is 5.75 Å². The highest BCUT2D eigenvalue weighted by Gasteiger charge is 2.27. The summed E-state index contributed by atoms with van der Waals surface area (Å²) in [6.07, 6.45) is 0.820. The maximum absolute atomic E-state index is 13.0. The molecule has 182 valence electrons. The van der Waals surface area contributed by atoms with Crippen molar-refractivity contribution in [1.82, 2.24) is 14.7 Å². The second-order valence-electron chi connectivity index (χ2n) is 8.56. The first-order valence-electron chi connectivity index (χ1n) is 11.6. The lowest BCUT2D eigenvalue weighted by atomic mass is 10.2. The van der Waals surface area contributed by atoms with Gasteiger partial charge >= 0.3 is 6.03 Å². The molecule has 0 radical (unpaired) electrons. The van der Waals surface area contributed by atoms with Gasteiger partial charge in [0.2, 0.25) is 0 Å². The van der Waals surface area contributed by atoms with Crippen LogP contribution in [0.2, 0.25) is 5.02 Å². The average Bonchev–Trinajstić information content (AvgIpc) is 3.09. The molecule has 1 atom stereocenters. The van der Waals surface area contributed by atoms with Gasteiger partial charge in [-0.25, -0.2) is 4.79 Å². The fourth-order valence-corrected chi connectivity index (χ4v) is 4.56. The van der Waals surface area contributed by atoms with Gasteiger partial charge in [0, 0.05) is 55.5 Å². The van der Waals surface area contributed by atoms with E-state index >= 15 is 0 Å². The van der Waals surface area contributed by atoms with Crippen LogP contribution in [0.25, 0.3) is 0 Å². The van der Waals surface area contributed by atoms with E-state index < -0.39 is 0 Å². The normalized spacial score (nSPS) is 19.4. The van der Waals surface area contributed by atoms with Gasteiger partial charge in [0.1, 0.15) is 5.75 Å². The molecule has 0 spiro atoms. The van der Waals surface area contributed by atoms with Crippen LogP contribution >= 0.6 is 11.6 Å². The number of carbonyl (C=O) groups is 2. The Morgan fingerprint density at radius 2 is 1.91 bits per heavy atom. The molecule has 0 bridgehead atoms. The Hall–Kier alpha value is -2.81. The van der Waals surface area contributed by atoms with Crippen molar-refractivity contribution >= 4 is 29.2 Å². The summed E-state index contributed by atoms with van der Waals surface area (Å²) in [5.41, 5.74) is 1.32. The Morgan fingerprint density at radius 1 is 1.06 bits per heavy atom. The van der Waals surface area contributed by atoms with E-state index in [-0.39, 0.29) is 18.0 Å². The van der Waals surface area contributed by atoms with Crippen LogP contribution in [0.4, 0.5) is 10.5 Å². The third-order valence-corrected chi connectivity index (χ3v) is 6.39.